The second-order valence-electron chi connectivity index (χ2n) is 6.75. The Morgan fingerprint density at radius 2 is 1.89 bits per heavy atom. The molecule has 6 heteroatoms. The van der Waals surface area contributed by atoms with Crippen LogP contribution in [0, 0.1) is 0 Å². The van der Waals surface area contributed by atoms with Crippen molar-refractivity contribution in [3.63, 3.8) is 0 Å². The van der Waals surface area contributed by atoms with Crippen molar-refractivity contribution >= 4 is 11.8 Å². The van der Waals surface area contributed by atoms with Crippen LogP contribution in [0.15, 0.2) is 54.6 Å². The molecule has 1 heterocycles. The molecule has 2 aromatic carbocycles. The van der Waals surface area contributed by atoms with Gasteiger partial charge in [-0.15, -0.1) is 0 Å². The molecule has 1 N–H and O–H groups in total. The number of amides is 2. The molecule has 28 heavy (non-hydrogen) atoms. The van der Waals surface area contributed by atoms with Crippen molar-refractivity contribution < 1.29 is 19.1 Å². The van der Waals surface area contributed by atoms with Gasteiger partial charge >= 0.3 is 0 Å². The number of morpholine rings is 1. The molecule has 2 amide bonds. The number of nitrogens with zero attached hydrogens (tertiary/aromatic N) is 1. The zero-order chi connectivity index (χ0) is 19.8. The number of nitrogens with one attached hydrogen (secondary N) is 1. The highest BCUT2D eigenvalue weighted by Crippen LogP contribution is 2.13. The van der Waals surface area contributed by atoms with Crippen LogP contribution in [0.1, 0.15) is 18.1 Å². The van der Waals surface area contributed by atoms with Crippen molar-refractivity contribution in [2.45, 2.75) is 26.0 Å². The van der Waals surface area contributed by atoms with E-state index in [0.29, 0.717) is 32.7 Å². The van der Waals surface area contributed by atoms with E-state index in [1.807, 2.05) is 61.5 Å². The van der Waals surface area contributed by atoms with Crippen LogP contribution in [0.5, 0.6) is 5.75 Å². The van der Waals surface area contributed by atoms with Gasteiger partial charge in [-0.2, -0.15) is 0 Å². The topological polar surface area (TPSA) is 67.9 Å². The number of rotatable bonds is 8. The Balaban J connectivity index is 1.45. The Hall–Kier alpha value is -2.86. The van der Waals surface area contributed by atoms with E-state index < -0.39 is 0 Å². The minimum Gasteiger partial charge on any atom is -0.494 e. The molecule has 148 valence electrons. The Kier molecular flexibility index (Phi) is 7.03. The number of ether oxygens (including phenoxy) is 2. The van der Waals surface area contributed by atoms with Crippen LogP contribution in [-0.2, 0) is 27.3 Å². The highest BCUT2D eigenvalue weighted by Gasteiger charge is 2.26. The lowest BCUT2D eigenvalue weighted by Gasteiger charge is -2.33. The van der Waals surface area contributed by atoms with Gasteiger partial charge in [0.2, 0.25) is 11.8 Å². The van der Waals surface area contributed by atoms with Crippen LogP contribution < -0.4 is 10.1 Å². The summed E-state index contributed by atoms with van der Waals surface area (Å²) in [6.45, 7) is 4.01. The number of hydrogen-bond donors (Lipinski definition) is 1. The SMILES string of the molecule is CCOc1ccc(CC(=O)NCC2CN(Cc3ccccc3)C(=O)CO2)cc1. The molecule has 1 unspecified atom stereocenters. The van der Waals surface area contributed by atoms with Crippen molar-refractivity contribution in [3.8, 4) is 5.75 Å². The van der Waals surface area contributed by atoms with Gasteiger partial charge in [0.15, 0.2) is 0 Å². The summed E-state index contributed by atoms with van der Waals surface area (Å²) in [6.07, 6.45) is 0.0943. The van der Waals surface area contributed by atoms with E-state index >= 15 is 0 Å². The third-order valence-electron chi connectivity index (χ3n) is 4.56. The zero-order valence-electron chi connectivity index (χ0n) is 16.1. The van der Waals surface area contributed by atoms with Crippen molar-refractivity contribution in [1.82, 2.24) is 10.2 Å². The molecule has 1 aliphatic rings. The summed E-state index contributed by atoms with van der Waals surface area (Å²) in [5.74, 6) is 0.700. The van der Waals surface area contributed by atoms with E-state index in [-0.39, 0.29) is 24.5 Å². The lowest BCUT2D eigenvalue weighted by molar-refractivity contribution is -0.149. The third-order valence-corrected chi connectivity index (χ3v) is 4.56. The molecule has 0 aromatic heterocycles. The maximum Gasteiger partial charge on any atom is 0.248 e. The molecule has 0 bridgehead atoms. The van der Waals surface area contributed by atoms with E-state index in [9.17, 15) is 9.59 Å². The molecule has 1 aliphatic heterocycles. The van der Waals surface area contributed by atoms with E-state index in [0.717, 1.165) is 16.9 Å². The fraction of sp³-hybridized carbons (Fsp3) is 0.364. The summed E-state index contributed by atoms with van der Waals surface area (Å²) in [7, 11) is 0. The molecular formula is C22H26N2O4. The largest absolute Gasteiger partial charge is 0.494 e. The smallest absolute Gasteiger partial charge is 0.248 e. The Bertz CT molecular complexity index is 777. The predicted octanol–water partition coefficient (Wildman–Crippen LogP) is 2.17. The number of carbonyl (C=O) groups excluding carboxylic acids is 2. The first kappa shape index (κ1) is 19.9. The Morgan fingerprint density at radius 1 is 1.14 bits per heavy atom. The minimum absolute atomic E-state index is 0.0270. The lowest BCUT2D eigenvalue weighted by Crippen LogP contribution is -2.50. The molecule has 1 atom stereocenters. The first-order valence-corrected chi connectivity index (χ1v) is 9.55. The molecule has 2 aromatic rings. The van der Waals surface area contributed by atoms with Crippen LogP contribution in [0.4, 0.5) is 0 Å². The summed E-state index contributed by atoms with van der Waals surface area (Å²) in [5.41, 5.74) is 2.00. The van der Waals surface area contributed by atoms with Crippen LogP contribution in [0.3, 0.4) is 0 Å². The van der Waals surface area contributed by atoms with E-state index in [2.05, 4.69) is 5.32 Å². The molecule has 6 nitrogen and oxygen atoms in total. The quantitative estimate of drug-likeness (QED) is 0.760. The van der Waals surface area contributed by atoms with Crippen LogP contribution in [0.2, 0.25) is 0 Å². The van der Waals surface area contributed by atoms with Gasteiger partial charge in [-0.25, -0.2) is 0 Å². The maximum absolute atomic E-state index is 12.2. The van der Waals surface area contributed by atoms with Gasteiger partial charge in [-0.3, -0.25) is 9.59 Å². The number of hydrogen-bond acceptors (Lipinski definition) is 4. The fourth-order valence-electron chi connectivity index (χ4n) is 3.11. The Labute approximate surface area is 165 Å². The lowest BCUT2D eigenvalue weighted by atomic mass is 10.1. The average Bonchev–Trinajstić information content (AvgIpc) is 2.71. The Morgan fingerprint density at radius 3 is 2.61 bits per heavy atom. The van der Waals surface area contributed by atoms with Gasteiger partial charge in [0.25, 0.3) is 0 Å². The fourth-order valence-corrected chi connectivity index (χ4v) is 3.11. The first-order chi connectivity index (χ1) is 13.6. The van der Waals surface area contributed by atoms with Gasteiger partial charge in [-0.1, -0.05) is 42.5 Å². The van der Waals surface area contributed by atoms with Crippen LogP contribution >= 0.6 is 0 Å². The van der Waals surface area contributed by atoms with Crippen LogP contribution in [0.25, 0.3) is 0 Å². The minimum atomic E-state index is -0.203. The summed E-state index contributed by atoms with van der Waals surface area (Å²) in [5, 5.41) is 2.91. The second kappa shape index (κ2) is 9.90. The number of benzene rings is 2. The summed E-state index contributed by atoms with van der Waals surface area (Å²) < 4.78 is 11.0. The third kappa shape index (κ3) is 5.82. The van der Waals surface area contributed by atoms with Gasteiger partial charge in [0, 0.05) is 19.6 Å². The normalized spacial score (nSPS) is 16.7. The molecule has 0 spiro atoms. The highest BCUT2D eigenvalue weighted by atomic mass is 16.5. The summed E-state index contributed by atoms with van der Waals surface area (Å²) in [4.78, 5) is 26.1. The summed E-state index contributed by atoms with van der Waals surface area (Å²) in [6, 6.07) is 17.4. The molecule has 0 radical (unpaired) electrons. The van der Waals surface area contributed by atoms with E-state index in [1.165, 1.54) is 0 Å². The average molecular weight is 382 g/mol. The van der Waals surface area contributed by atoms with Crippen molar-refractivity contribution in [2.75, 3.05) is 26.3 Å². The van der Waals surface area contributed by atoms with Crippen LogP contribution in [-0.4, -0.2) is 49.1 Å². The number of carbonyl (C=O) groups is 2. The molecular weight excluding hydrogens is 356 g/mol. The van der Waals surface area contributed by atoms with Crippen molar-refractivity contribution in [2.24, 2.45) is 0 Å². The second-order valence-corrected chi connectivity index (χ2v) is 6.75. The predicted molar refractivity (Wildman–Crippen MR) is 106 cm³/mol. The molecule has 3 rings (SSSR count). The monoisotopic (exact) mass is 382 g/mol. The molecule has 0 saturated carbocycles. The maximum atomic E-state index is 12.2. The van der Waals surface area contributed by atoms with Crippen molar-refractivity contribution in [1.29, 1.82) is 0 Å². The molecule has 1 fully saturated rings. The van der Waals surface area contributed by atoms with Gasteiger partial charge in [0.1, 0.15) is 12.4 Å². The van der Waals surface area contributed by atoms with Gasteiger partial charge in [0.05, 0.1) is 19.1 Å². The van der Waals surface area contributed by atoms with Gasteiger partial charge < -0.3 is 19.7 Å². The van der Waals surface area contributed by atoms with Crippen molar-refractivity contribution in [3.05, 3.63) is 65.7 Å². The highest BCUT2D eigenvalue weighted by molar-refractivity contribution is 5.79. The first-order valence-electron chi connectivity index (χ1n) is 9.55. The van der Waals surface area contributed by atoms with E-state index in [1.54, 1.807) is 4.90 Å². The van der Waals surface area contributed by atoms with E-state index in [4.69, 9.17) is 9.47 Å². The standard InChI is InChI=1S/C22H26N2O4/c1-2-27-19-10-8-17(9-11-19)12-21(25)23-13-20-15-24(22(26)16-28-20)14-18-6-4-3-5-7-18/h3-11,20H,2,12-16H2,1H3,(H,23,25). The molecule has 1 saturated heterocycles. The molecule has 0 aliphatic carbocycles. The van der Waals surface area contributed by atoms with Gasteiger partial charge in [-0.05, 0) is 30.2 Å². The zero-order valence-corrected chi connectivity index (χ0v) is 16.1. The summed E-state index contributed by atoms with van der Waals surface area (Å²) >= 11 is 0.